The van der Waals surface area contributed by atoms with E-state index in [9.17, 15) is 9.90 Å². The van der Waals surface area contributed by atoms with E-state index in [4.69, 9.17) is 0 Å². The number of nitrogens with one attached hydrogen (secondary N) is 1. The first-order valence-corrected chi connectivity index (χ1v) is 7.38. The summed E-state index contributed by atoms with van der Waals surface area (Å²) in [5.74, 6) is 1.55. The van der Waals surface area contributed by atoms with Crippen molar-refractivity contribution in [2.75, 3.05) is 5.32 Å². The third-order valence-corrected chi connectivity index (χ3v) is 3.88. The van der Waals surface area contributed by atoms with Gasteiger partial charge >= 0.3 is 0 Å². The highest BCUT2D eigenvalue weighted by atomic mass is 16.3. The van der Waals surface area contributed by atoms with Crippen LogP contribution in [0.1, 0.15) is 31.2 Å². The van der Waals surface area contributed by atoms with Crippen LogP contribution in [0.2, 0.25) is 0 Å². The molecule has 5 nitrogen and oxygen atoms in total. The van der Waals surface area contributed by atoms with Crippen LogP contribution < -0.4 is 10.9 Å². The van der Waals surface area contributed by atoms with Gasteiger partial charge < -0.3 is 10.4 Å². The number of phenolic OH excluding ortho intramolecular Hbond substituents is 1. The maximum absolute atomic E-state index is 12.6. The molecule has 0 saturated carbocycles. The quantitative estimate of drug-likeness (QED) is 0.851. The lowest BCUT2D eigenvalue weighted by atomic mass is 10.1. The largest absolute Gasteiger partial charge is 0.506 e. The van der Waals surface area contributed by atoms with Crippen LogP contribution in [0.4, 0.5) is 11.5 Å². The number of aromatic nitrogens is 2. The molecule has 2 aromatic rings. The lowest BCUT2D eigenvalue weighted by molar-refractivity contribution is 0.477. The summed E-state index contributed by atoms with van der Waals surface area (Å²) in [5, 5.41) is 13.0. The average Bonchev–Trinajstić information content (AvgIpc) is 2.50. The molecule has 1 aliphatic rings. The zero-order chi connectivity index (χ0) is 14.8. The second-order valence-corrected chi connectivity index (χ2v) is 5.26. The summed E-state index contributed by atoms with van der Waals surface area (Å²) in [5.41, 5.74) is 1.28. The van der Waals surface area contributed by atoms with E-state index in [1.165, 1.54) is 0 Å². The van der Waals surface area contributed by atoms with Crippen molar-refractivity contribution in [3.8, 4) is 5.75 Å². The standard InChI is InChI=1S/C16H19N3O2/c1-2-11-15(17-12-7-3-4-8-13(12)20)18-14-9-5-6-10-19(14)16(11)21/h3-4,7-8,17,20H,2,5-6,9-10H2,1H3. The van der Waals surface area contributed by atoms with Gasteiger partial charge in [-0.2, -0.15) is 0 Å². The van der Waals surface area contributed by atoms with E-state index >= 15 is 0 Å². The van der Waals surface area contributed by atoms with Crippen molar-refractivity contribution in [3.63, 3.8) is 0 Å². The number of hydrogen-bond donors (Lipinski definition) is 2. The summed E-state index contributed by atoms with van der Waals surface area (Å²) in [6, 6.07) is 6.97. The van der Waals surface area contributed by atoms with Gasteiger partial charge in [0.25, 0.3) is 5.56 Å². The molecule has 0 amide bonds. The highest BCUT2D eigenvalue weighted by molar-refractivity contribution is 5.65. The summed E-state index contributed by atoms with van der Waals surface area (Å²) in [7, 11) is 0. The number of fused-ring (bicyclic) bond motifs is 1. The topological polar surface area (TPSA) is 67.2 Å². The highest BCUT2D eigenvalue weighted by Crippen LogP contribution is 2.26. The molecule has 0 bridgehead atoms. The SMILES string of the molecule is CCc1c(Nc2ccccc2O)nc2n(c1=O)CCCC2. The zero-order valence-electron chi connectivity index (χ0n) is 12.1. The number of para-hydroxylation sites is 2. The van der Waals surface area contributed by atoms with Crippen LogP contribution in [0, 0.1) is 0 Å². The van der Waals surface area contributed by atoms with Gasteiger partial charge in [0.05, 0.1) is 11.3 Å². The summed E-state index contributed by atoms with van der Waals surface area (Å²) in [6.07, 6.45) is 3.54. The van der Waals surface area contributed by atoms with Crippen LogP contribution in [0.5, 0.6) is 5.75 Å². The molecular weight excluding hydrogens is 266 g/mol. The third-order valence-electron chi connectivity index (χ3n) is 3.88. The van der Waals surface area contributed by atoms with E-state index in [0.29, 0.717) is 23.5 Å². The van der Waals surface area contributed by atoms with Crippen molar-refractivity contribution in [2.24, 2.45) is 0 Å². The van der Waals surface area contributed by atoms with E-state index in [1.54, 1.807) is 22.8 Å². The van der Waals surface area contributed by atoms with Gasteiger partial charge in [0.15, 0.2) is 0 Å². The molecule has 0 atom stereocenters. The molecular formula is C16H19N3O2. The monoisotopic (exact) mass is 285 g/mol. The summed E-state index contributed by atoms with van der Waals surface area (Å²) >= 11 is 0. The number of anilines is 2. The molecule has 3 rings (SSSR count). The number of aryl methyl sites for hydroxylation is 1. The number of benzene rings is 1. The molecule has 1 aliphatic heterocycles. The molecule has 0 radical (unpaired) electrons. The normalized spacial score (nSPS) is 13.8. The molecule has 2 N–H and O–H groups in total. The van der Waals surface area contributed by atoms with Gasteiger partial charge in [0.1, 0.15) is 17.4 Å². The molecule has 5 heteroatoms. The Morgan fingerprint density at radius 1 is 1.33 bits per heavy atom. The van der Waals surface area contributed by atoms with Gasteiger partial charge in [0, 0.05) is 13.0 Å². The fraction of sp³-hybridized carbons (Fsp3) is 0.375. The summed E-state index contributed by atoms with van der Waals surface area (Å²) in [4.78, 5) is 17.2. The second-order valence-electron chi connectivity index (χ2n) is 5.26. The smallest absolute Gasteiger partial charge is 0.258 e. The molecule has 0 spiro atoms. The van der Waals surface area contributed by atoms with Gasteiger partial charge in [-0.15, -0.1) is 0 Å². The number of rotatable bonds is 3. The van der Waals surface area contributed by atoms with Crippen LogP contribution in [0.15, 0.2) is 29.1 Å². The fourth-order valence-electron chi connectivity index (χ4n) is 2.74. The van der Waals surface area contributed by atoms with Crippen LogP contribution in [-0.2, 0) is 19.4 Å². The Labute approximate surface area is 123 Å². The number of aromatic hydroxyl groups is 1. The van der Waals surface area contributed by atoms with E-state index in [2.05, 4.69) is 10.3 Å². The first-order valence-electron chi connectivity index (χ1n) is 7.38. The molecule has 0 unspecified atom stereocenters. The first kappa shape index (κ1) is 13.7. The maximum atomic E-state index is 12.6. The minimum atomic E-state index is 0.0418. The van der Waals surface area contributed by atoms with Crippen molar-refractivity contribution in [2.45, 2.75) is 39.2 Å². The van der Waals surface area contributed by atoms with Crippen molar-refractivity contribution in [3.05, 3.63) is 46.0 Å². The fourth-order valence-corrected chi connectivity index (χ4v) is 2.74. The van der Waals surface area contributed by atoms with E-state index in [0.717, 1.165) is 31.6 Å². The zero-order valence-corrected chi connectivity index (χ0v) is 12.1. The Kier molecular flexibility index (Phi) is 3.64. The third kappa shape index (κ3) is 2.51. The molecule has 0 saturated heterocycles. The molecule has 0 aliphatic carbocycles. The van der Waals surface area contributed by atoms with Crippen LogP contribution in [0.3, 0.4) is 0 Å². The minimum absolute atomic E-state index is 0.0418. The van der Waals surface area contributed by atoms with Crippen molar-refractivity contribution >= 4 is 11.5 Å². The molecule has 1 aromatic heterocycles. The molecule has 1 aromatic carbocycles. The van der Waals surface area contributed by atoms with Gasteiger partial charge in [-0.25, -0.2) is 4.98 Å². The molecule has 2 heterocycles. The summed E-state index contributed by atoms with van der Waals surface area (Å²) in [6.45, 7) is 2.70. The van der Waals surface area contributed by atoms with Crippen molar-refractivity contribution in [1.29, 1.82) is 0 Å². The number of nitrogens with zero attached hydrogens (tertiary/aromatic N) is 2. The number of hydrogen-bond acceptors (Lipinski definition) is 4. The van der Waals surface area contributed by atoms with Crippen LogP contribution in [0.25, 0.3) is 0 Å². The van der Waals surface area contributed by atoms with E-state index in [-0.39, 0.29) is 11.3 Å². The summed E-state index contributed by atoms with van der Waals surface area (Å²) < 4.78 is 1.79. The number of phenols is 1. The Balaban J connectivity index is 2.08. The Morgan fingerprint density at radius 2 is 2.14 bits per heavy atom. The average molecular weight is 285 g/mol. The van der Waals surface area contributed by atoms with Gasteiger partial charge in [-0.3, -0.25) is 9.36 Å². The Bertz CT molecular complexity index is 722. The van der Waals surface area contributed by atoms with Crippen LogP contribution in [-0.4, -0.2) is 14.7 Å². The Morgan fingerprint density at radius 3 is 2.90 bits per heavy atom. The Hall–Kier alpha value is -2.30. The van der Waals surface area contributed by atoms with E-state index < -0.39 is 0 Å². The second kappa shape index (κ2) is 5.60. The molecule has 110 valence electrons. The molecule has 21 heavy (non-hydrogen) atoms. The van der Waals surface area contributed by atoms with Gasteiger partial charge in [-0.1, -0.05) is 19.1 Å². The van der Waals surface area contributed by atoms with E-state index in [1.807, 2.05) is 13.0 Å². The van der Waals surface area contributed by atoms with Gasteiger partial charge in [0.2, 0.25) is 0 Å². The molecule has 0 fully saturated rings. The predicted molar refractivity (Wildman–Crippen MR) is 82.2 cm³/mol. The minimum Gasteiger partial charge on any atom is -0.506 e. The van der Waals surface area contributed by atoms with Crippen LogP contribution >= 0.6 is 0 Å². The first-order chi connectivity index (χ1) is 10.2. The maximum Gasteiger partial charge on any atom is 0.258 e. The van der Waals surface area contributed by atoms with Crippen molar-refractivity contribution in [1.82, 2.24) is 9.55 Å². The highest BCUT2D eigenvalue weighted by Gasteiger charge is 2.18. The van der Waals surface area contributed by atoms with Gasteiger partial charge in [-0.05, 0) is 31.4 Å². The predicted octanol–water partition coefficient (Wildman–Crippen LogP) is 2.59. The lowest BCUT2D eigenvalue weighted by Gasteiger charge is -2.20. The lowest BCUT2D eigenvalue weighted by Crippen LogP contribution is -2.31. The van der Waals surface area contributed by atoms with Crippen molar-refractivity contribution < 1.29 is 5.11 Å².